The predicted molar refractivity (Wildman–Crippen MR) is 76.7 cm³/mol. The molecule has 1 atom stereocenters. The fourth-order valence-electron chi connectivity index (χ4n) is 1.79. The van der Waals surface area contributed by atoms with Crippen LogP contribution in [0.4, 0.5) is 0 Å². The highest BCUT2D eigenvalue weighted by Crippen LogP contribution is 2.24. The quantitative estimate of drug-likeness (QED) is 0.660. The van der Waals surface area contributed by atoms with Gasteiger partial charge in [0.2, 0.25) is 10.0 Å². The molecule has 3 N–H and O–H groups in total. The van der Waals surface area contributed by atoms with Crippen LogP contribution in [-0.4, -0.2) is 32.9 Å². The summed E-state index contributed by atoms with van der Waals surface area (Å²) in [5.74, 6) is 0.286. The first-order chi connectivity index (χ1) is 8.79. The van der Waals surface area contributed by atoms with Gasteiger partial charge in [0, 0.05) is 18.2 Å². The van der Waals surface area contributed by atoms with E-state index in [4.69, 9.17) is 0 Å². The Balaban J connectivity index is 2.37. The molecule has 0 bridgehead atoms. The van der Waals surface area contributed by atoms with Gasteiger partial charge in [-0.3, -0.25) is 0 Å². The molecular formula is C13H22N2O3S. The average molecular weight is 286 g/mol. The number of nitrogens with one attached hydrogen (secondary N) is 2. The molecule has 0 spiro atoms. The number of rotatable bonds is 7. The summed E-state index contributed by atoms with van der Waals surface area (Å²) in [6.45, 7) is 4.99. The summed E-state index contributed by atoms with van der Waals surface area (Å²) < 4.78 is 24.2. The summed E-state index contributed by atoms with van der Waals surface area (Å²) in [4.78, 5) is 0. The van der Waals surface area contributed by atoms with Crippen LogP contribution in [-0.2, 0) is 10.0 Å². The number of hydrogen-bond acceptors (Lipinski definition) is 4. The minimum absolute atomic E-state index is 0.0267. The Kier molecular flexibility index (Phi) is 5.78. The SMILES string of the molecule is Cc1ccc(C(C)NCCCNS(C)(=O)=O)c(O)c1. The van der Waals surface area contributed by atoms with Crippen molar-refractivity contribution in [3.8, 4) is 5.75 Å². The molecule has 0 radical (unpaired) electrons. The maximum absolute atomic E-state index is 10.9. The molecule has 19 heavy (non-hydrogen) atoms. The first-order valence-corrected chi connectivity index (χ1v) is 8.16. The lowest BCUT2D eigenvalue weighted by atomic mass is 10.1. The number of phenols is 1. The fourth-order valence-corrected chi connectivity index (χ4v) is 2.31. The van der Waals surface area contributed by atoms with Crippen LogP contribution in [0.2, 0.25) is 0 Å². The van der Waals surface area contributed by atoms with E-state index in [-0.39, 0.29) is 11.8 Å². The maximum Gasteiger partial charge on any atom is 0.208 e. The summed E-state index contributed by atoms with van der Waals surface area (Å²) in [5, 5.41) is 13.1. The number of phenolic OH excluding ortho intramolecular Hbond substituents is 1. The Morgan fingerprint density at radius 3 is 2.58 bits per heavy atom. The molecule has 1 aromatic rings. The van der Waals surface area contributed by atoms with Crippen molar-refractivity contribution in [3.63, 3.8) is 0 Å². The standard InChI is InChI=1S/C13H22N2O3S/c1-10-5-6-12(13(16)9-10)11(2)14-7-4-8-15-19(3,17)18/h5-6,9,11,14-16H,4,7-8H2,1-3H3. The van der Waals surface area contributed by atoms with E-state index in [1.165, 1.54) is 0 Å². The third-order valence-corrected chi connectivity index (χ3v) is 3.55. The van der Waals surface area contributed by atoms with Gasteiger partial charge in [-0.15, -0.1) is 0 Å². The van der Waals surface area contributed by atoms with Gasteiger partial charge in [-0.1, -0.05) is 12.1 Å². The van der Waals surface area contributed by atoms with Gasteiger partial charge >= 0.3 is 0 Å². The molecule has 0 aromatic heterocycles. The van der Waals surface area contributed by atoms with Gasteiger partial charge in [0.05, 0.1) is 6.26 Å². The van der Waals surface area contributed by atoms with E-state index in [2.05, 4.69) is 10.0 Å². The van der Waals surface area contributed by atoms with Crippen LogP contribution in [0.1, 0.15) is 30.5 Å². The van der Waals surface area contributed by atoms with Crippen molar-refractivity contribution in [1.29, 1.82) is 0 Å². The van der Waals surface area contributed by atoms with Crippen LogP contribution in [0, 0.1) is 6.92 Å². The highest BCUT2D eigenvalue weighted by Gasteiger charge is 2.09. The Morgan fingerprint density at radius 1 is 1.32 bits per heavy atom. The number of sulfonamides is 1. The molecule has 0 fully saturated rings. The Labute approximate surface area is 115 Å². The summed E-state index contributed by atoms with van der Waals surface area (Å²) >= 11 is 0. The second-order valence-corrected chi connectivity index (χ2v) is 6.59. The summed E-state index contributed by atoms with van der Waals surface area (Å²) in [6, 6.07) is 5.62. The summed E-state index contributed by atoms with van der Waals surface area (Å²) in [5.41, 5.74) is 1.87. The Hall–Kier alpha value is -1.11. The number of benzene rings is 1. The topological polar surface area (TPSA) is 78.4 Å². The molecule has 1 rings (SSSR count). The smallest absolute Gasteiger partial charge is 0.208 e. The van der Waals surface area contributed by atoms with E-state index in [0.717, 1.165) is 17.4 Å². The maximum atomic E-state index is 10.9. The third kappa shape index (κ3) is 6.04. The van der Waals surface area contributed by atoms with Gasteiger partial charge in [0.1, 0.15) is 5.75 Å². The van der Waals surface area contributed by atoms with Gasteiger partial charge in [0.25, 0.3) is 0 Å². The molecule has 5 nitrogen and oxygen atoms in total. The lowest BCUT2D eigenvalue weighted by molar-refractivity contribution is 0.451. The van der Waals surface area contributed by atoms with Crippen molar-refractivity contribution >= 4 is 10.0 Å². The molecule has 0 aliphatic heterocycles. The molecule has 0 aliphatic rings. The van der Waals surface area contributed by atoms with E-state index >= 15 is 0 Å². The van der Waals surface area contributed by atoms with Crippen LogP contribution in [0.25, 0.3) is 0 Å². The van der Waals surface area contributed by atoms with Gasteiger partial charge in [-0.05, 0) is 38.4 Å². The van der Waals surface area contributed by atoms with Crippen LogP contribution in [0.5, 0.6) is 5.75 Å². The van der Waals surface area contributed by atoms with Crippen molar-refractivity contribution in [2.45, 2.75) is 26.3 Å². The number of hydrogen-bond donors (Lipinski definition) is 3. The minimum atomic E-state index is -3.11. The van der Waals surface area contributed by atoms with Gasteiger partial charge < -0.3 is 10.4 Å². The molecule has 0 saturated carbocycles. The normalized spacial score (nSPS) is 13.4. The second-order valence-electron chi connectivity index (χ2n) is 4.76. The molecule has 1 unspecified atom stereocenters. The van der Waals surface area contributed by atoms with Gasteiger partial charge in [-0.25, -0.2) is 13.1 Å². The van der Waals surface area contributed by atoms with E-state index in [1.54, 1.807) is 6.07 Å². The third-order valence-electron chi connectivity index (χ3n) is 2.82. The molecule has 108 valence electrons. The molecule has 1 aromatic carbocycles. The average Bonchev–Trinajstić information content (AvgIpc) is 2.26. The van der Waals surface area contributed by atoms with Gasteiger partial charge in [0.15, 0.2) is 0 Å². The molecule has 0 amide bonds. The fraction of sp³-hybridized carbons (Fsp3) is 0.538. The van der Waals surface area contributed by atoms with E-state index in [0.29, 0.717) is 19.5 Å². The van der Waals surface area contributed by atoms with Crippen LogP contribution >= 0.6 is 0 Å². The lowest BCUT2D eigenvalue weighted by Crippen LogP contribution is -2.27. The van der Waals surface area contributed by atoms with E-state index in [9.17, 15) is 13.5 Å². The van der Waals surface area contributed by atoms with Crippen LogP contribution in [0.15, 0.2) is 18.2 Å². The first-order valence-electron chi connectivity index (χ1n) is 6.27. The largest absolute Gasteiger partial charge is 0.508 e. The molecule has 6 heteroatoms. The molecule has 0 aliphatic carbocycles. The van der Waals surface area contributed by atoms with E-state index < -0.39 is 10.0 Å². The van der Waals surface area contributed by atoms with Crippen molar-refractivity contribution in [2.75, 3.05) is 19.3 Å². The summed E-state index contributed by atoms with van der Waals surface area (Å²) in [6.07, 6.45) is 1.84. The Bertz CT molecular complexity index is 515. The van der Waals surface area contributed by atoms with Crippen LogP contribution < -0.4 is 10.0 Å². The molecule has 0 saturated heterocycles. The highest BCUT2D eigenvalue weighted by molar-refractivity contribution is 7.88. The monoisotopic (exact) mass is 286 g/mol. The zero-order valence-corrected chi connectivity index (χ0v) is 12.4. The number of aryl methyl sites for hydroxylation is 1. The van der Waals surface area contributed by atoms with Crippen LogP contribution in [0.3, 0.4) is 0 Å². The van der Waals surface area contributed by atoms with Crippen molar-refractivity contribution in [1.82, 2.24) is 10.0 Å². The second kappa shape index (κ2) is 6.88. The molecule has 0 heterocycles. The number of aromatic hydroxyl groups is 1. The lowest BCUT2D eigenvalue weighted by Gasteiger charge is -2.16. The Morgan fingerprint density at radius 2 is 2.00 bits per heavy atom. The predicted octanol–water partition coefficient (Wildman–Crippen LogP) is 1.29. The highest BCUT2D eigenvalue weighted by atomic mass is 32.2. The van der Waals surface area contributed by atoms with Crippen molar-refractivity contribution in [3.05, 3.63) is 29.3 Å². The minimum Gasteiger partial charge on any atom is -0.508 e. The molecular weight excluding hydrogens is 264 g/mol. The van der Waals surface area contributed by atoms with Crippen molar-refractivity contribution < 1.29 is 13.5 Å². The first kappa shape index (κ1) is 15.9. The van der Waals surface area contributed by atoms with E-state index in [1.807, 2.05) is 26.0 Å². The van der Waals surface area contributed by atoms with Gasteiger partial charge in [-0.2, -0.15) is 0 Å². The summed E-state index contributed by atoms with van der Waals surface area (Å²) in [7, 11) is -3.11. The zero-order valence-electron chi connectivity index (χ0n) is 11.6. The van der Waals surface area contributed by atoms with Crippen molar-refractivity contribution in [2.24, 2.45) is 0 Å². The zero-order chi connectivity index (χ0) is 14.5.